The van der Waals surface area contributed by atoms with E-state index in [9.17, 15) is 9.59 Å². The normalized spacial score (nSPS) is 33.7. The highest BCUT2D eigenvalue weighted by Gasteiger charge is 2.43. The van der Waals surface area contributed by atoms with E-state index in [4.69, 9.17) is 5.11 Å². The Hall–Kier alpha value is -1.14. The lowest BCUT2D eigenvalue weighted by atomic mass is 9.93. The molecule has 2 aliphatic heterocycles. The predicted molar refractivity (Wildman–Crippen MR) is 77.9 cm³/mol. The van der Waals surface area contributed by atoms with E-state index < -0.39 is 5.97 Å². The van der Waals surface area contributed by atoms with Crippen LogP contribution in [0.25, 0.3) is 0 Å². The smallest absolute Gasteiger partial charge is 0.317 e. The second-order valence-electron chi connectivity index (χ2n) is 6.59. The third kappa shape index (κ3) is 3.21. The van der Waals surface area contributed by atoms with Crippen molar-refractivity contribution < 1.29 is 14.7 Å². The van der Waals surface area contributed by atoms with Crippen LogP contribution in [0, 0.1) is 11.8 Å². The summed E-state index contributed by atoms with van der Waals surface area (Å²) in [5, 5.41) is 12.3. The number of carboxylic acid groups (broad SMARTS) is 1. The lowest BCUT2D eigenvalue weighted by molar-refractivity contribution is -0.138. The molecule has 3 rings (SSSR count). The standard InChI is InChI=1S/C15H25N3O3/c19-13(20)10-17-5-2-6-18(8-7-17)15(21)14-12-4-1-3-11(12)9-16-14/h11-12,14,16H,1-10H2,(H,19,20). The minimum Gasteiger partial charge on any atom is -0.480 e. The van der Waals surface area contributed by atoms with Gasteiger partial charge in [0.25, 0.3) is 0 Å². The number of hydrogen-bond acceptors (Lipinski definition) is 4. The van der Waals surface area contributed by atoms with Gasteiger partial charge in [-0.1, -0.05) is 6.42 Å². The quantitative estimate of drug-likeness (QED) is 0.766. The SMILES string of the molecule is O=C(O)CN1CCCN(C(=O)C2NCC3CCCC32)CC1. The highest BCUT2D eigenvalue weighted by Crippen LogP contribution is 2.38. The van der Waals surface area contributed by atoms with Crippen molar-refractivity contribution in [2.24, 2.45) is 11.8 Å². The number of hydrogen-bond donors (Lipinski definition) is 2. The molecule has 0 aromatic heterocycles. The molecule has 0 spiro atoms. The highest BCUT2D eigenvalue weighted by atomic mass is 16.4. The van der Waals surface area contributed by atoms with Crippen LogP contribution in [-0.4, -0.2) is 72.1 Å². The van der Waals surface area contributed by atoms with Gasteiger partial charge in [0.2, 0.25) is 5.91 Å². The topological polar surface area (TPSA) is 72.9 Å². The van der Waals surface area contributed by atoms with Crippen LogP contribution >= 0.6 is 0 Å². The van der Waals surface area contributed by atoms with E-state index in [2.05, 4.69) is 5.32 Å². The zero-order chi connectivity index (χ0) is 14.8. The molecule has 6 nitrogen and oxygen atoms in total. The van der Waals surface area contributed by atoms with Crippen LogP contribution in [0.5, 0.6) is 0 Å². The Kier molecular flexibility index (Phi) is 4.45. The molecule has 118 valence electrons. The van der Waals surface area contributed by atoms with Gasteiger partial charge >= 0.3 is 5.97 Å². The summed E-state index contributed by atoms with van der Waals surface area (Å²) in [6.07, 6.45) is 4.55. The van der Waals surface area contributed by atoms with Crippen molar-refractivity contribution in [3.8, 4) is 0 Å². The molecule has 6 heteroatoms. The molecular weight excluding hydrogens is 270 g/mol. The number of nitrogens with one attached hydrogen (secondary N) is 1. The van der Waals surface area contributed by atoms with Crippen LogP contribution in [0.1, 0.15) is 25.7 Å². The molecule has 21 heavy (non-hydrogen) atoms. The molecule has 2 saturated heterocycles. The fourth-order valence-corrected chi connectivity index (χ4v) is 4.20. The van der Waals surface area contributed by atoms with Gasteiger partial charge in [0, 0.05) is 26.2 Å². The Bertz CT molecular complexity index is 415. The van der Waals surface area contributed by atoms with Crippen LogP contribution in [0.4, 0.5) is 0 Å². The summed E-state index contributed by atoms with van der Waals surface area (Å²) in [4.78, 5) is 27.4. The molecule has 1 saturated carbocycles. The maximum absolute atomic E-state index is 12.8. The van der Waals surface area contributed by atoms with E-state index in [0.29, 0.717) is 24.9 Å². The molecule has 2 N–H and O–H groups in total. The molecule has 0 bridgehead atoms. The minimum atomic E-state index is -0.791. The van der Waals surface area contributed by atoms with Gasteiger partial charge in [-0.05, 0) is 37.6 Å². The average molecular weight is 295 g/mol. The van der Waals surface area contributed by atoms with Gasteiger partial charge in [0.05, 0.1) is 12.6 Å². The van der Waals surface area contributed by atoms with Crippen LogP contribution in [0.15, 0.2) is 0 Å². The van der Waals surface area contributed by atoms with Crippen LogP contribution < -0.4 is 5.32 Å². The van der Waals surface area contributed by atoms with Crippen molar-refractivity contribution in [2.75, 3.05) is 39.3 Å². The fraction of sp³-hybridized carbons (Fsp3) is 0.867. The summed E-state index contributed by atoms with van der Waals surface area (Å²) in [7, 11) is 0. The van der Waals surface area contributed by atoms with E-state index in [-0.39, 0.29) is 18.5 Å². The molecule has 0 aromatic rings. The van der Waals surface area contributed by atoms with Crippen molar-refractivity contribution in [1.82, 2.24) is 15.1 Å². The maximum atomic E-state index is 12.8. The molecule has 3 unspecified atom stereocenters. The van der Waals surface area contributed by atoms with Gasteiger partial charge in [-0.25, -0.2) is 0 Å². The Labute approximate surface area is 125 Å². The number of carbonyl (C=O) groups excluding carboxylic acids is 1. The molecule has 3 aliphatic rings. The first-order valence-corrected chi connectivity index (χ1v) is 8.11. The van der Waals surface area contributed by atoms with Crippen LogP contribution in [0.2, 0.25) is 0 Å². The molecule has 0 radical (unpaired) electrons. The van der Waals surface area contributed by atoms with Gasteiger partial charge < -0.3 is 15.3 Å². The van der Waals surface area contributed by atoms with Crippen molar-refractivity contribution in [1.29, 1.82) is 0 Å². The second-order valence-corrected chi connectivity index (χ2v) is 6.59. The molecule has 1 amide bonds. The number of fused-ring (bicyclic) bond motifs is 1. The second kappa shape index (κ2) is 6.32. The van der Waals surface area contributed by atoms with E-state index in [1.807, 2.05) is 9.80 Å². The fourth-order valence-electron chi connectivity index (χ4n) is 4.20. The van der Waals surface area contributed by atoms with E-state index in [1.54, 1.807) is 0 Å². The lowest BCUT2D eigenvalue weighted by Gasteiger charge is -2.27. The van der Waals surface area contributed by atoms with Crippen LogP contribution in [-0.2, 0) is 9.59 Å². The maximum Gasteiger partial charge on any atom is 0.317 e. The summed E-state index contributed by atoms with van der Waals surface area (Å²) >= 11 is 0. The summed E-state index contributed by atoms with van der Waals surface area (Å²) in [5.74, 6) is 0.660. The first-order chi connectivity index (χ1) is 10.1. The average Bonchev–Trinajstić information content (AvgIpc) is 2.96. The molecule has 1 aliphatic carbocycles. The third-order valence-electron chi connectivity index (χ3n) is 5.27. The number of amides is 1. The largest absolute Gasteiger partial charge is 0.480 e. The molecule has 3 fully saturated rings. The minimum absolute atomic E-state index is 0.00326. The summed E-state index contributed by atoms with van der Waals surface area (Å²) in [5.41, 5.74) is 0. The Morgan fingerprint density at radius 2 is 1.95 bits per heavy atom. The number of carboxylic acids is 1. The molecular formula is C15H25N3O3. The first kappa shape index (κ1) is 14.8. The Balaban J connectivity index is 1.56. The number of rotatable bonds is 3. The first-order valence-electron chi connectivity index (χ1n) is 8.11. The van der Waals surface area contributed by atoms with Gasteiger partial charge in [-0.3, -0.25) is 14.5 Å². The summed E-state index contributed by atoms with van der Waals surface area (Å²) < 4.78 is 0. The monoisotopic (exact) mass is 295 g/mol. The molecule has 0 aromatic carbocycles. The number of nitrogens with zero attached hydrogens (tertiary/aromatic N) is 2. The van der Waals surface area contributed by atoms with Crippen LogP contribution in [0.3, 0.4) is 0 Å². The Morgan fingerprint density at radius 1 is 1.10 bits per heavy atom. The zero-order valence-electron chi connectivity index (χ0n) is 12.5. The zero-order valence-corrected chi connectivity index (χ0v) is 12.5. The highest BCUT2D eigenvalue weighted by molar-refractivity contribution is 5.82. The van der Waals surface area contributed by atoms with Crippen molar-refractivity contribution >= 4 is 11.9 Å². The predicted octanol–water partition coefficient (Wildman–Crippen LogP) is -0.00660. The third-order valence-corrected chi connectivity index (χ3v) is 5.27. The van der Waals surface area contributed by atoms with Gasteiger partial charge in [-0.15, -0.1) is 0 Å². The molecule has 2 heterocycles. The van der Waals surface area contributed by atoms with E-state index in [1.165, 1.54) is 19.3 Å². The van der Waals surface area contributed by atoms with Crippen molar-refractivity contribution in [2.45, 2.75) is 31.7 Å². The number of carbonyl (C=O) groups is 2. The number of aliphatic carboxylic acids is 1. The van der Waals surface area contributed by atoms with Crippen molar-refractivity contribution in [3.05, 3.63) is 0 Å². The molecule has 3 atom stereocenters. The lowest BCUT2D eigenvalue weighted by Crippen LogP contribution is -2.47. The van der Waals surface area contributed by atoms with E-state index in [0.717, 1.165) is 26.1 Å². The van der Waals surface area contributed by atoms with E-state index >= 15 is 0 Å². The Morgan fingerprint density at radius 3 is 2.76 bits per heavy atom. The van der Waals surface area contributed by atoms with Gasteiger partial charge in [0.1, 0.15) is 0 Å². The van der Waals surface area contributed by atoms with Gasteiger partial charge in [0.15, 0.2) is 0 Å². The van der Waals surface area contributed by atoms with Crippen molar-refractivity contribution in [3.63, 3.8) is 0 Å². The summed E-state index contributed by atoms with van der Waals surface area (Å²) in [6, 6.07) is 0.00326. The summed E-state index contributed by atoms with van der Waals surface area (Å²) in [6.45, 7) is 3.90. The van der Waals surface area contributed by atoms with Gasteiger partial charge in [-0.2, -0.15) is 0 Å².